The zero-order valence-corrected chi connectivity index (χ0v) is 19.4. The molecule has 7 nitrogen and oxygen atoms in total. The van der Waals surface area contributed by atoms with Crippen LogP contribution in [0.1, 0.15) is 13.8 Å². The Bertz CT molecular complexity index is 1010. The van der Waals surface area contributed by atoms with E-state index in [9.17, 15) is 17.6 Å². The van der Waals surface area contributed by atoms with E-state index in [4.69, 9.17) is 14.6 Å². The lowest BCUT2D eigenvalue weighted by Crippen LogP contribution is -2.53. The Labute approximate surface area is 191 Å². The molecule has 1 atom stereocenters. The minimum atomic E-state index is -4.09. The maximum atomic E-state index is 13.0. The topological polar surface area (TPSA) is 102 Å². The van der Waals surface area contributed by atoms with Gasteiger partial charge in [-0.2, -0.15) is 16.5 Å². The van der Waals surface area contributed by atoms with Gasteiger partial charge in [0.25, 0.3) is 0 Å². The molecule has 2 aromatic rings. The number of thioether (sulfide) groups is 1. The highest BCUT2D eigenvalue weighted by molar-refractivity contribution is 8.00. The molecule has 0 bridgehead atoms. The molecule has 2 N–H and O–H groups in total. The molecule has 10 heteroatoms. The first-order valence-electron chi connectivity index (χ1n) is 9.67. The first kappa shape index (κ1) is 25.9. The number of aliphatic hydroxyl groups is 1. The van der Waals surface area contributed by atoms with Gasteiger partial charge < -0.3 is 14.6 Å². The summed E-state index contributed by atoms with van der Waals surface area (Å²) in [5, 5.41) is 9.13. The van der Waals surface area contributed by atoms with Crippen LogP contribution in [0, 0.1) is 5.82 Å². The first-order chi connectivity index (χ1) is 15.1. The minimum absolute atomic E-state index is 0.0623. The van der Waals surface area contributed by atoms with E-state index in [1.54, 1.807) is 13.8 Å². The zero-order valence-electron chi connectivity index (χ0n) is 17.8. The SMILES string of the molecule is C=CCOC(=O)[C@H](NS(=O)(=O)c1ccc(Oc2ccc(F)cc2)cc1)C(C)(C)SCCO. The number of esters is 1. The number of ether oxygens (including phenoxy) is 2. The summed E-state index contributed by atoms with van der Waals surface area (Å²) in [6.45, 7) is 6.68. The molecule has 2 aromatic carbocycles. The molecule has 0 aliphatic carbocycles. The quantitative estimate of drug-likeness (QED) is 0.352. The summed E-state index contributed by atoms with van der Waals surface area (Å²) in [5.41, 5.74) is 0. The minimum Gasteiger partial charge on any atom is -0.460 e. The Balaban J connectivity index is 2.21. The molecule has 0 aromatic heterocycles. The zero-order chi connectivity index (χ0) is 23.8. The second kappa shape index (κ2) is 11.5. The summed E-state index contributed by atoms with van der Waals surface area (Å²) in [5.74, 6) is -0.0782. The van der Waals surface area contributed by atoms with Crippen LogP contribution in [0.2, 0.25) is 0 Å². The van der Waals surface area contributed by atoms with E-state index in [1.165, 1.54) is 66.4 Å². The maximum Gasteiger partial charge on any atom is 0.325 e. The van der Waals surface area contributed by atoms with Gasteiger partial charge in [0.05, 0.1) is 11.5 Å². The van der Waals surface area contributed by atoms with Gasteiger partial charge in [-0.05, 0) is 62.4 Å². The van der Waals surface area contributed by atoms with E-state index in [0.29, 0.717) is 17.3 Å². The van der Waals surface area contributed by atoms with Gasteiger partial charge in [-0.25, -0.2) is 12.8 Å². The van der Waals surface area contributed by atoms with Gasteiger partial charge in [-0.15, -0.1) is 0 Å². The molecule has 0 aliphatic rings. The van der Waals surface area contributed by atoms with E-state index < -0.39 is 32.6 Å². The van der Waals surface area contributed by atoms with Crippen molar-refractivity contribution in [2.24, 2.45) is 0 Å². The number of hydrogen-bond donors (Lipinski definition) is 2. The molecule has 0 saturated carbocycles. The summed E-state index contributed by atoms with van der Waals surface area (Å²) in [6.07, 6.45) is 1.39. The van der Waals surface area contributed by atoms with E-state index in [0.717, 1.165) is 0 Å². The standard InChI is InChI=1S/C22H26FNO6S2/c1-4-14-29-21(26)20(22(2,3)31-15-13-25)24-32(27,28)19-11-9-18(10-12-19)30-17-7-5-16(23)6-8-17/h4-12,20,24-25H,1,13-15H2,2-3H3/t20-/m0/s1. The lowest BCUT2D eigenvalue weighted by Gasteiger charge is -2.32. The van der Waals surface area contributed by atoms with Crippen molar-refractivity contribution in [2.45, 2.75) is 29.5 Å². The Kier molecular flexibility index (Phi) is 9.26. The van der Waals surface area contributed by atoms with Crippen LogP contribution < -0.4 is 9.46 Å². The van der Waals surface area contributed by atoms with Crippen LogP contribution in [0.25, 0.3) is 0 Å². The third kappa shape index (κ3) is 7.33. The smallest absolute Gasteiger partial charge is 0.325 e. The molecule has 2 rings (SSSR count). The molecular weight excluding hydrogens is 457 g/mol. The van der Waals surface area contributed by atoms with Crippen LogP contribution in [0.15, 0.2) is 66.1 Å². The molecule has 174 valence electrons. The molecule has 0 fully saturated rings. The molecule has 0 saturated heterocycles. The van der Waals surface area contributed by atoms with E-state index >= 15 is 0 Å². The van der Waals surface area contributed by atoms with Crippen molar-refractivity contribution in [3.8, 4) is 11.5 Å². The van der Waals surface area contributed by atoms with Gasteiger partial charge in [0, 0.05) is 10.5 Å². The largest absolute Gasteiger partial charge is 0.460 e. The number of sulfonamides is 1. The van der Waals surface area contributed by atoms with Gasteiger partial charge >= 0.3 is 5.97 Å². The Morgan fingerprint density at radius 3 is 2.28 bits per heavy atom. The molecule has 0 amide bonds. The molecule has 0 unspecified atom stereocenters. The fourth-order valence-corrected chi connectivity index (χ4v) is 4.98. The predicted molar refractivity (Wildman–Crippen MR) is 122 cm³/mol. The average Bonchev–Trinajstić information content (AvgIpc) is 2.76. The Morgan fingerprint density at radius 2 is 1.75 bits per heavy atom. The number of aliphatic hydroxyl groups excluding tert-OH is 1. The highest BCUT2D eigenvalue weighted by Crippen LogP contribution is 2.30. The average molecular weight is 484 g/mol. The number of benzene rings is 2. The fourth-order valence-electron chi connectivity index (χ4n) is 2.64. The molecule has 32 heavy (non-hydrogen) atoms. The highest BCUT2D eigenvalue weighted by Gasteiger charge is 2.40. The number of rotatable bonds is 12. The van der Waals surface area contributed by atoms with Crippen LogP contribution in [-0.4, -0.2) is 49.2 Å². The van der Waals surface area contributed by atoms with Crippen molar-refractivity contribution in [3.63, 3.8) is 0 Å². The Hall–Kier alpha value is -2.40. The summed E-state index contributed by atoms with van der Waals surface area (Å²) < 4.78 is 51.1. The Morgan fingerprint density at radius 1 is 1.19 bits per heavy atom. The molecule has 0 heterocycles. The predicted octanol–water partition coefficient (Wildman–Crippen LogP) is 3.50. The normalized spacial score (nSPS) is 12.8. The monoisotopic (exact) mass is 483 g/mol. The van der Waals surface area contributed by atoms with Crippen molar-refractivity contribution < 1.29 is 32.2 Å². The maximum absolute atomic E-state index is 13.0. The van der Waals surface area contributed by atoms with Crippen molar-refractivity contribution in [1.82, 2.24) is 4.72 Å². The molecule has 0 radical (unpaired) electrons. The van der Waals surface area contributed by atoms with E-state index in [2.05, 4.69) is 11.3 Å². The van der Waals surface area contributed by atoms with Gasteiger partial charge in [0.2, 0.25) is 10.0 Å². The van der Waals surface area contributed by atoms with Crippen LogP contribution in [0.3, 0.4) is 0 Å². The number of hydrogen-bond acceptors (Lipinski definition) is 7. The van der Waals surface area contributed by atoms with Crippen molar-refractivity contribution in [1.29, 1.82) is 0 Å². The summed E-state index contributed by atoms with van der Waals surface area (Å²) in [4.78, 5) is 12.5. The van der Waals surface area contributed by atoms with E-state index in [1.807, 2.05) is 0 Å². The van der Waals surface area contributed by atoms with Gasteiger partial charge in [-0.3, -0.25) is 4.79 Å². The van der Waals surface area contributed by atoms with Crippen LogP contribution in [-0.2, 0) is 19.6 Å². The fraction of sp³-hybridized carbons (Fsp3) is 0.318. The van der Waals surface area contributed by atoms with Crippen LogP contribution >= 0.6 is 11.8 Å². The highest BCUT2D eigenvalue weighted by atomic mass is 32.2. The number of halogens is 1. The van der Waals surface area contributed by atoms with Crippen molar-refractivity contribution >= 4 is 27.8 Å². The number of carbonyl (C=O) groups is 1. The number of nitrogens with one attached hydrogen (secondary N) is 1. The van der Waals surface area contributed by atoms with Gasteiger partial charge in [0.1, 0.15) is 30.0 Å². The van der Waals surface area contributed by atoms with E-state index in [-0.39, 0.29) is 18.1 Å². The van der Waals surface area contributed by atoms with Crippen LogP contribution in [0.4, 0.5) is 4.39 Å². The lowest BCUT2D eigenvalue weighted by atomic mass is 10.0. The third-order valence-electron chi connectivity index (χ3n) is 4.30. The first-order valence-corrected chi connectivity index (χ1v) is 12.1. The van der Waals surface area contributed by atoms with Gasteiger partial charge in [0.15, 0.2) is 0 Å². The third-order valence-corrected chi connectivity index (χ3v) is 7.10. The van der Waals surface area contributed by atoms with Crippen molar-refractivity contribution in [2.75, 3.05) is 19.0 Å². The second-order valence-electron chi connectivity index (χ2n) is 7.18. The summed E-state index contributed by atoms with van der Waals surface area (Å²) in [6, 6.07) is 9.77. The number of carbonyl (C=O) groups excluding carboxylic acids is 1. The molecule has 0 spiro atoms. The van der Waals surface area contributed by atoms with Crippen molar-refractivity contribution in [3.05, 3.63) is 67.0 Å². The van der Waals surface area contributed by atoms with Gasteiger partial charge in [-0.1, -0.05) is 12.7 Å². The summed E-state index contributed by atoms with van der Waals surface area (Å²) in [7, 11) is -4.09. The molecular formula is C22H26FNO6S2. The lowest BCUT2D eigenvalue weighted by molar-refractivity contribution is -0.145. The van der Waals surface area contributed by atoms with Crippen LogP contribution in [0.5, 0.6) is 11.5 Å². The second-order valence-corrected chi connectivity index (χ2v) is 10.6. The summed E-state index contributed by atoms with van der Waals surface area (Å²) >= 11 is 1.24. The molecule has 0 aliphatic heterocycles.